The predicted molar refractivity (Wildman–Crippen MR) is 41.2 cm³/mol. The Morgan fingerprint density at radius 2 is 2.30 bits per heavy atom. The fraction of sp³-hybridized carbons (Fsp3) is 0.625. The van der Waals surface area contributed by atoms with Crippen LogP contribution in [0.15, 0.2) is 16.3 Å². The molecular weight excluding hydrogens is 124 g/mol. The molecule has 2 aliphatic rings. The van der Waals surface area contributed by atoms with Gasteiger partial charge in [-0.05, 0) is 24.8 Å². The third-order valence-electron chi connectivity index (χ3n) is 2.06. The molecule has 10 heavy (non-hydrogen) atoms. The Bertz CT molecular complexity index is 191. The van der Waals surface area contributed by atoms with E-state index < -0.39 is 0 Å². The lowest BCUT2D eigenvalue weighted by atomic mass is 10.00. The molecule has 2 aliphatic heterocycles. The molecule has 2 rings (SSSR count). The zero-order valence-corrected chi connectivity index (χ0v) is 6.01. The highest BCUT2D eigenvalue weighted by atomic mass is 14.9. The minimum absolute atomic E-state index is 0.867. The van der Waals surface area contributed by atoms with Gasteiger partial charge in [0.2, 0.25) is 0 Å². The molecule has 2 heterocycles. The molecule has 0 aliphatic carbocycles. The maximum atomic E-state index is 4.31. The van der Waals surface area contributed by atoms with E-state index in [0.29, 0.717) is 0 Å². The summed E-state index contributed by atoms with van der Waals surface area (Å²) in [5.41, 5.74) is 2.80. The van der Waals surface area contributed by atoms with E-state index in [9.17, 15) is 0 Å². The average Bonchev–Trinajstić information content (AvgIpc) is 2.05. The Labute approximate surface area is 61.0 Å². The van der Waals surface area contributed by atoms with Gasteiger partial charge < -0.3 is 0 Å². The van der Waals surface area contributed by atoms with Gasteiger partial charge in [-0.2, -0.15) is 0 Å². The smallest absolute Gasteiger partial charge is 0.0557 e. The van der Waals surface area contributed by atoms with Crippen molar-refractivity contribution in [2.24, 2.45) is 4.99 Å². The van der Waals surface area contributed by atoms with Crippen molar-refractivity contribution in [3.8, 4) is 0 Å². The first kappa shape index (κ1) is 6.10. The van der Waals surface area contributed by atoms with Crippen LogP contribution in [0.5, 0.6) is 0 Å². The van der Waals surface area contributed by atoms with E-state index in [4.69, 9.17) is 0 Å². The Balaban J connectivity index is 2.23. The summed E-state index contributed by atoms with van der Waals surface area (Å²) in [6.07, 6.45) is 5.54. The van der Waals surface area contributed by atoms with E-state index >= 15 is 0 Å². The minimum atomic E-state index is 0.867. The summed E-state index contributed by atoms with van der Waals surface area (Å²) in [7, 11) is 0. The van der Waals surface area contributed by atoms with Crippen molar-refractivity contribution in [2.75, 3.05) is 13.1 Å². The van der Waals surface area contributed by atoms with Crippen molar-refractivity contribution in [1.82, 2.24) is 5.32 Å². The van der Waals surface area contributed by atoms with Crippen LogP contribution in [0.25, 0.3) is 0 Å². The van der Waals surface area contributed by atoms with Crippen LogP contribution in [0.2, 0.25) is 0 Å². The molecule has 0 N–H and O–H groups in total. The number of nitrogens with zero attached hydrogens (tertiary/aromatic N) is 2. The van der Waals surface area contributed by atoms with Crippen LogP contribution >= 0.6 is 0 Å². The van der Waals surface area contributed by atoms with Crippen molar-refractivity contribution in [3.63, 3.8) is 0 Å². The first-order valence-corrected chi connectivity index (χ1v) is 3.83. The van der Waals surface area contributed by atoms with Crippen LogP contribution in [0, 0.1) is 0 Å². The van der Waals surface area contributed by atoms with Crippen molar-refractivity contribution in [2.45, 2.75) is 19.3 Å². The molecule has 2 nitrogen and oxygen atoms in total. The summed E-state index contributed by atoms with van der Waals surface area (Å²) in [6, 6.07) is 0. The van der Waals surface area contributed by atoms with Crippen molar-refractivity contribution >= 4 is 6.21 Å². The molecule has 0 aromatic carbocycles. The maximum absolute atomic E-state index is 4.31. The Kier molecular flexibility index (Phi) is 1.55. The highest BCUT2D eigenvalue weighted by Gasteiger charge is 2.13. The first-order chi connectivity index (χ1) is 4.97. The Hall–Kier alpha value is -0.630. The van der Waals surface area contributed by atoms with Gasteiger partial charge in [0.15, 0.2) is 0 Å². The molecular formula is C8H11N2. The van der Waals surface area contributed by atoms with Gasteiger partial charge in [0.25, 0.3) is 0 Å². The lowest BCUT2D eigenvalue weighted by Gasteiger charge is -2.19. The Morgan fingerprint density at radius 1 is 1.30 bits per heavy atom. The van der Waals surface area contributed by atoms with Gasteiger partial charge >= 0.3 is 0 Å². The Morgan fingerprint density at radius 3 is 3.20 bits per heavy atom. The molecule has 53 valence electrons. The minimum Gasteiger partial charge on any atom is -0.264 e. The summed E-state index contributed by atoms with van der Waals surface area (Å²) in [4.78, 5) is 4.31. The average molecular weight is 135 g/mol. The van der Waals surface area contributed by atoms with Crippen molar-refractivity contribution in [1.29, 1.82) is 0 Å². The number of rotatable bonds is 0. The van der Waals surface area contributed by atoms with E-state index in [1.165, 1.54) is 12.1 Å². The summed E-state index contributed by atoms with van der Waals surface area (Å²) in [5, 5.41) is 4.29. The van der Waals surface area contributed by atoms with E-state index in [0.717, 1.165) is 25.9 Å². The first-order valence-electron chi connectivity index (χ1n) is 3.83. The van der Waals surface area contributed by atoms with Gasteiger partial charge in [-0.3, -0.25) is 4.99 Å². The highest BCUT2D eigenvalue weighted by molar-refractivity contribution is 5.61. The molecule has 0 spiro atoms. The molecule has 0 saturated carbocycles. The molecule has 2 heteroatoms. The number of hydrogen-bond acceptors (Lipinski definition) is 1. The molecule has 0 amide bonds. The summed E-state index contributed by atoms with van der Waals surface area (Å²) in [5.74, 6) is 0. The second-order valence-electron chi connectivity index (χ2n) is 2.76. The van der Waals surface area contributed by atoms with Crippen LogP contribution in [0.4, 0.5) is 0 Å². The van der Waals surface area contributed by atoms with Gasteiger partial charge in [0.05, 0.1) is 12.2 Å². The highest BCUT2D eigenvalue weighted by Crippen LogP contribution is 2.21. The molecule has 1 radical (unpaired) electrons. The molecule has 0 saturated heterocycles. The fourth-order valence-electron chi connectivity index (χ4n) is 1.47. The quantitative estimate of drug-likeness (QED) is 0.476. The van der Waals surface area contributed by atoms with Crippen LogP contribution < -0.4 is 5.32 Å². The number of hydrogen-bond donors (Lipinski definition) is 0. The van der Waals surface area contributed by atoms with E-state index in [1.807, 2.05) is 6.21 Å². The van der Waals surface area contributed by atoms with Crippen LogP contribution in [-0.2, 0) is 0 Å². The van der Waals surface area contributed by atoms with Crippen molar-refractivity contribution in [3.05, 3.63) is 11.3 Å². The van der Waals surface area contributed by atoms with Gasteiger partial charge in [0.1, 0.15) is 0 Å². The molecule has 0 fully saturated rings. The van der Waals surface area contributed by atoms with Crippen LogP contribution in [0.3, 0.4) is 0 Å². The third-order valence-corrected chi connectivity index (χ3v) is 2.06. The van der Waals surface area contributed by atoms with Gasteiger partial charge in [0, 0.05) is 12.8 Å². The molecule has 0 atom stereocenters. The monoisotopic (exact) mass is 135 g/mol. The zero-order chi connectivity index (χ0) is 6.81. The van der Waals surface area contributed by atoms with Crippen molar-refractivity contribution < 1.29 is 0 Å². The molecule has 0 aromatic heterocycles. The zero-order valence-electron chi connectivity index (χ0n) is 6.01. The maximum Gasteiger partial charge on any atom is 0.0557 e. The second-order valence-corrected chi connectivity index (χ2v) is 2.76. The summed E-state index contributed by atoms with van der Waals surface area (Å²) >= 11 is 0. The van der Waals surface area contributed by atoms with E-state index in [2.05, 4.69) is 10.3 Å². The third kappa shape index (κ3) is 0.991. The van der Waals surface area contributed by atoms with Gasteiger partial charge in [-0.1, -0.05) is 0 Å². The molecule has 0 unspecified atom stereocenters. The SMILES string of the molecule is C1=NC2=C(CC1)CC[N]C2. The lowest BCUT2D eigenvalue weighted by molar-refractivity contribution is 0.635. The number of aliphatic imine (C=N–C) groups is 1. The van der Waals surface area contributed by atoms with E-state index in [1.54, 1.807) is 5.57 Å². The summed E-state index contributed by atoms with van der Waals surface area (Å²) in [6.45, 7) is 1.89. The molecule has 0 aromatic rings. The standard InChI is InChI=1S/C8H11N2/c1-2-7-3-5-9-6-8(7)10-4-1/h4H,1-3,5-6H2. The second kappa shape index (κ2) is 2.54. The summed E-state index contributed by atoms with van der Waals surface area (Å²) < 4.78 is 0. The normalized spacial score (nSPS) is 24.8. The molecule has 0 bridgehead atoms. The van der Waals surface area contributed by atoms with Gasteiger partial charge in [-0.25, -0.2) is 5.32 Å². The van der Waals surface area contributed by atoms with Crippen LogP contribution in [0.1, 0.15) is 19.3 Å². The predicted octanol–water partition coefficient (Wildman–Crippen LogP) is 1.11. The van der Waals surface area contributed by atoms with Gasteiger partial charge in [-0.15, -0.1) is 0 Å². The fourth-order valence-corrected chi connectivity index (χ4v) is 1.47. The van der Waals surface area contributed by atoms with Crippen LogP contribution in [-0.4, -0.2) is 19.3 Å². The lowest BCUT2D eigenvalue weighted by Crippen LogP contribution is -2.19. The van der Waals surface area contributed by atoms with E-state index in [-0.39, 0.29) is 0 Å². The largest absolute Gasteiger partial charge is 0.264 e. The topological polar surface area (TPSA) is 26.5 Å².